The highest BCUT2D eigenvalue weighted by Crippen LogP contribution is 2.29. The zero-order valence-corrected chi connectivity index (χ0v) is 15.3. The van der Waals surface area contributed by atoms with Crippen LogP contribution in [0.1, 0.15) is 24.5 Å². The Morgan fingerprint density at radius 1 is 1.15 bits per heavy atom. The molecule has 1 saturated heterocycles. The van der Waals surface area contributed by atoms with Gasteiger partial charge in [-0.1, -0.05) is 6.07 Å². The van der Waals surface area contributed by atoms with Gasteiger partial charge in [-0.25, -0.2) is 14.4 Å². The number of anilines is 2. The van der Waals surface area contributed by atoms with Gasteiger partial charge < -0.3 is 10.2 Å². The number of benzene rings is 1. The SMILES string of the molecule is CN1CCCC(c2cc(Nc3cccc(F)c3)nc(-c3cccnc3)n2)C1. The summed E-state index contributed by atoms with van der Waals surface area (Å²) in [6.07, 6.45) is 5.75. The number of hydrogen-bond acceptors (Lipinski definition) is 5. The molecular formula is C21H22FN5. The van der Waals surface area contributed by atoms with E-state index >= 15 is 0 Å². The molecule has 0 bridgehead atoms. The quantitative estimate of drug-likeness (QED) is 0.752. The summed E-state index contributed by atoms with van der Waals surface area (Å²) in [5, 5.41) is 3.22. The van der Waals surface area contributed by atoms with Crippen molar-refractivity contribution in [3.8, 4) is 11.4 Å². The standard InChI is InChI=1S/C21H22FN5/c1-27-10-4-6-16(14-27)19-12-20(24-18-8-2-7-17(22)11-18)26-21(25-19)15-5-3-9-23-13-15/h2-3,5,7-9,11-13,16H,4,6,10,14H2,1H3,(H,24,25,26). The topological polar surface area (TPSA) is 53.9 Å². The third kappa shape index (κ3) is 4.28. The molecule has 27 heavy (non-hydrogen) atoms. The first-order valence-electron chi connectivity index (χ1n) is 9.18. The van der Waals surface area contributed by atoms with Crippen LogP contribution in [0.15, 0.2) is 54.9 Å². The Bertz CT molecular complexity index is 915. The molecule has 0 spiro atoms. The van der Waals surface area contributed by atoms with E-state index < -0.39 is 0 Å². The van der Waals surface area contributed by atoms with Crippen molar-refractivity contribution in [2.75, 3.05) is 25.5 Å². The summed E-state index contributed by atoms with van der Waals surface area (Å²) in [6.45, 7) is 2.09. The zero-order valence-electron chi connectivity index (χ0n) is 15.3. The summed E-state index contributed by atoms with van der Waals surface area (Å²) in [5.74, 6) is 1.37. The highest BCUT2D eigenvalue weighted by atomic mass is 19.1. The lowest BCUT2D eigenvalue weighted by Crippen LogP contribution is -2.31. The Hall–Kier alpha value is -2.86. The molecule has 0 amide bonds. The molecule has 1 aromatic carbocycles. The number of pyridine rings is 1. The maximum Gasteiger partial charge on any atom is 0.163 e. The molecular weight excluding hydrogens is 341 g/mol. The first-order chi connectivity index (χ1) is 13.2. The smallest absolute Gasteiger partial charge is 0.163 e. The number of nitrogens with one attached hydrogen (secondary N) is 1. The molecule has 0 aliphatic carbocycles. The van der Waals surface area contributed by atoms with Crippen LogP contribution in [0.3, 0.4) is 0 Å². The van der Waals surface area contributed by atoms with Gasteiger partial charge >= 0.3 is 0 Å². The lowest BCUT2D eigenvalue weighted by atomic mass is 9.94. The minimum absolute atomic E-state index is 0.282. The van der Waals surface area contributed by atoms with Gasteiger partial charge in [0.15, 0.2) is 5.82 Å². The van der Waals surface area contributed by atoms with Gasteiger partial charge in [-0.3, -0.25) is 4.98 Å². The maximum atomic E-state index is 13.5. The van der Waals surface area contributed by atoms with Crippen LogP contribution in [0, 0.1) is 5.82 Å². The van der Waals surface area contributed by atoms with Gasteiger partial charge in [0.05, 0.1) is 5.69 Å². The monoisotopic (exact) mass is 363 g/mol. The highest BCUT2D eigenvalue weighted by molar-refractivity contribution is 5.61. The van der Waals surface area contributed by atoms with E-state index in [-0.39, 0.29) is 5.82 Å². The lowest BCUT2D eigenvalue weighted by Gasteiger charge is -2.29. The van der Waals surface area contributed by atoms with Crippen molar-refractivity contribution < 1.29 is 4.39 Å². The summed E-state index contributed by atoms with van der Waals surface area (Å²) < 4.78 is 13.5. The number of nitrogens with zero attached hydrogens (tertiary/aromatic N) is 4. The van der Waals surface area contributed by atoms with Gasteiger partial charge in [0.2, 0.25) is 0 Å². The van der Waals surface area contributed by atoms with E-state index in [0.29, 0.717) is 23.2 Å². The van der Waals surface area contributed by atoms with Gasteiger partial charge in [0.1, 0.15) is 11.6 Å². The molecule has 4 rings (SSSR count). The van der Waals surface area contributed by atoms with Crippen LogP contribution in [0.25, 0.3) is 11.4 Å². The number of aromatic nitrogens is 3. The van der Waals surface area contributed by atoms with Gasteiger partial charge in [0, 0.05) is 42.2 Å². The van der Waals surface area contributed by atoms with Crippen LogP contribution in [0.2, 0.25) is 0 Å². The fourth-order valence-corrected chi connectivity index (χ4v) is 3.49. The molecule has 1 atom stereocenters. The average molecular weight is 363 g/mol. The van der Waals surface area contributed by atoms with Gasteiger partial charge in [-0.2, -0.15) is 0 Å². The van der Waals surface area contributed by atoms with Gasteiger partial charge in [-0.15, -0.1) is 0 Å². The summed E-state index contributed by atoms with van der Waals surface area (Å²) in [5.41, 5.74) is 2.54. The molecule has 0 saturated carbocycles. The second kappa shape index (κ2) is 7.80. The molecule has 3 aromatic rings. The van der Waals surface area contributed by atoms with Crippen LogP contribution >= 0.6 is 0 Å². The van der Waals surface area contributed by atoms with Crippen molar-refractivity contribution >= 4 is 11.5 Å². The molecule has 0 radical (unpaired) electrons. The van der Waals surface area contributed by atoms with Crippen molar-refractivity contribution in [3.63, 3.8) is 0 Å². The predicted octanol–water partition coefficient (Wildman–Crippen LogP) is 4.23. The van der Waals surface area contributed by atoms with Crippen LogP contribution < -0.4 is 5.32 Å². The van der Waals surface area contributed by atoms with Crippen molar-refractivity contribution in [2.45, 2.75) is 18.8 Å². The minimum atomic E-state index is -0.282. The molecule has 138 valence electrons. The van der Waals surface area contributed by atoms with Crippen molar-refractivity contribution in [3.05, 3.63) is 66.4 Å². The maximum absolute atomic E-state index is 13.5. The number of piperidine rings is 1. The summed E-state index contributed by atoms with van der Waals surface area (Å²) in [7, 11) is 2.14. The molecule has 5 nitrogen and oxygen atoms in total. The molecule has 1 aliphatic heterocycles. The van der Waals surface area contributed by atoms with E-state index in [9.17, 15) is 4.39 Å². The fraction of sp³-hybridized carbons (Fsp3) is 0.286. The third-order valence-electron chi connectivity index (χ3n) is 4.81. The zero-order chi connectivity index (χ0) is 18.6. The molecule has 2 aromatic heterocycles. The van der Waals surface area contributed by atoms with Gasteiger partial charge in [-0.05, 0) is 56.8 Å². The van der Waals surface area contributed by atoms with E-state index in [2.05, 4.69) is 27.2 Å². The van der Waals surface area contributed by atoms with Gasteiger partial charge in [0.25, 0.3) is 0 Å². The van der Waals surface area contributed by atoms with Crippen LogP contribution in [-0.4, -0.2) is 40.0 Å². The predicted molar refractivity (Wildman–Crippen MR) is 104 cm³/mol. The van der Waals surface area contributed by atoms with E-state index in [4.69, 9.17) is 4.98 Å². The van der Waals surface area contributed by atoms with E-state index in [1.165, 1.54) is 12.1 Å². The van der Waals surface area contributed by atoms with E-state index in [0.717, 1.165) is 37.2 Å². The fourth-order valence-electron chi connectivity index (χ4n) is 3.49. The third-order valence-corrected chi connectivity index (χ3v) is 4.81. The van der Waals surface area contributed by atoms with Crippen LogP contribution in [0.5, 0.6) is 0 Å². The lowest BCUT2D eigenvalue weighted by molar-refractivity contribution is 0.248. The Kier molecular flexibility index (Phi) is 5.07. The number of rotatable bonds is 4. The Labute approximate surface area is 158 Å². The molecule has 1 fully saturated rings. The van der Waals surface area contributed by atoms with E-state index in [1.54, 1.807) is 18.5 Å². The summed E-state index contributed by atoms with van der Waals surface area (Å²) in [6, 6.07) is 12.2. The molecule has 1 N–H and O–H groups in total. The van der Waals surface area contributed by atoms with Crippen LogP contribution in [0.4, 0.5) is 15.9 Å². The molecule has 6 heteroatoms. The van der Waals surface area contributed by atoms with Crippen molar-refractivity contribution in [2.24, 2.45) is 0 Å². The number of hydrogen-bond donors (Lipinski definition) is 1. The summed E-state index contributed by atoms with van der Waals surface area (Å²) in [4.78, 5) is 16.0. The largest absolute Gasteiger partial charge is 0.340 e. The molecule has 3 heterocycles. The Balaban J connectivity index is 1.72. The van der Waals surface area contributed by atoms with Crippen LogP contribution in [-0.2, 0) is 0 Å². The normalized spacial score (nSPS) is 17.6. The molecule has 1 unspecified atom stereocenters. The minimum Gasteiger partial charge on any atom is -0.340 e. The second-order valence-corrected chi connectivity index (χ2v) is 6.98. The first-order valence-corrected chi connectivity index (χ1v) is 9.18. The average Bonchev–Trinajstić information content (AvgIpc) is 2.68. The number of likely N-dealkylation sites (tertiary alicyclic amines) is 1. The van der Waals surface area contributed by atoms with E-state index in [1.807, 2.05) is 24.3 Å². The Morgan fingerprint density at radius 2 is 2.07 bits per heavy atom. The summed E-state index contributed by atoms with van der Waals surface area (Å²) >= 11 is 0. The van der Waals surface area contributed by atoms with Crippen molar-refractivity contribution in [1.29, 1.82) is 0 Å². The molecule has 1 aliphatic rings. The highest BCUT2D eigenvalue weighted by Gasteiger charge is 2.22. The Morgan fingerprint density at radius 3 is 2.85 bits per heavy atom. The second-order valence-electron chi connectivity index (χ2n) is 6.98. The number of likely N-dealkylation sites (N-methyl/N-ethyl adjacent to an activating group) is 1. The number of halogens is 1. The van der Waals surface area contributed by atoms with Crippen molar-refractivity contribution in [1.82, 2.24) is 19.9 Å². The first kappa shape index (κ1) is 17.5.